The van der Waals surface area contributed by atoms with Gasteiger partial charge >= 0.3 is 0 Å². The summed E-state index contributed by atoms with van der Waals surface area (Å²) in [6.07, 6.45) is 1.96. The molecule has 0 N–H and O–H groups in total. The molecular formula is C9H14Cl2O2Si. The van der Waals surface area contributed by atoms with Crippen molar-refractivity contribution in [1.82, 2.24) is 0 Å². The largest absolute Gasteiger partial charge is 0.341 e. The van der Waals surface area contributed by atoms with Crippen molar-refractivity contribution < 1.29 is 9.47 Å². The van der Waals surface area contributed by atoms with Crippen molar-refractivity contribution >= 4 is 31.3 Å². The SMILES string of the molecule is C[Si](C)(C)C1=CC2(OCCO2)C1(Cl)Cl. The molecule has 0 aromatic rings. The van der Waals surface area contributed by atoms with Crippen molar-refractivity contribution in [2.24, 2.45) is 0 Å². The zero-order valence-corrected chi connectivity index (χ0v) is 11.1. The fourth-order valence-electron chi connectivity index (χ4n) is 1.86. The molecule has 1 saturated heterocycles. The van der Waals surface area contributed by atoms with E-state index >= 15 is 0 Å². The molecule has 80 valence electrons. The second kappa shape index (κ2) is 2.98. The normalized spacial score (nSPS) is 28.8. The molecule has 5 heteroatoms. The van der Waals surface area contributed by atoms with E-state index in [1.807, 2.05) is 6.08 Å². The van der Waals surface area contributed by atoms with Gasteiger partial charge in [0.05, 0.1) is 21.3 Å². The number of hydrogen-bond donors (Lipinski definition) is 0. The maximum Gasteiger partial charge on any atom is 0.225 e. The standard InChI is InChI=1S/C9H14Cl2O2Si/c1-14(2,3)7-6-8(9(7,10)11)12-4-5-13-8/h6H,4-5H2,1-3H3. The zero-order valence-electron chi connectivity index (χ0n) is 8.56. The van der Waals surface area contributed by atoms with Gasteiger partial charge in [-0.25, -0.2) is 0 Å². The summed E-state index contributed by atoms with van der Waals surface area (Å²) in [6.45, 7) is 7.76. The van der Waals surface area contributed by atoms with E-state index < -0.39 is 18.2 Å². The highest BCUT2D eigenvalue weighted by Gasteiger charge is 2.64. The van der Waals surface area contributed by atoms with Crippen molar-refractivity contribution in [2.75, 3.05) is 13.2 Å². The molecule has 1 aliphatic heterocycles. The van der Waals surface area contributed by atoms with E-state index in [9.17, 15) is 0 Å². The van der Waals surface area contributed by atoms with Crippen LogP contribution in [0.15, 0.2) is 11.3 Å². The van der Waals surface area contributed by atoms with E-state index in [-0.39, 0.29) is 0 Å². The van der Waals surface area contributed by atoms with Crippen LogP contribution in [-0.4, -0.2) is 31.4 Å². The van der Waals surface area contributed by atoms with Crippen LogP contribution in [0.3, 0.4) is 0 Å². The van der Waals surface area contributed by atoms with Gasteiger partial charge in [-0.1, -0.05) is 42.8 Å². The molecule has 0 saturated carbocycles. The fourth-order valence-corrected chi connectivity index (χ4v) is 5.74. The number of rotatable bonds is 1. The molecule has 0 unspecified atom stereocenters. The van der Waals surface area contributed by atoms with Gasteiger partial charge in [0.1, 0.15) is 0 Å². The lowest BCUT2D eigenvalue weighted by molar-refractivity contribution is -0.134. The van der Waals surface area contributed by atoms with Crippen molar-refractivity contribution in [3.05, 3.63) is 11.3 Å². The average Bonchev–Trinajstić information content (AvgIpc) is 2.48. The Hall–Kier alpha value is 0.457. The number of alkyl halides is 2. The van der Waals surface area contributed by atoms with Crippen LogP contribution in [-0.2, 0) is 9.47 Å². The van der Waals surface area contributed by atoms with E-state index in [0.29, 0.717) is 13.2 Å². The van der Waals surface area contributed by atoms with Crippen LogP contribution in [0.1, 0.15) is 0 Å². The maximum atomic E-state index is 6.30. The van der Waals surface area contributed by atoms with Crippen LogP contribution >= 0.6 is 23.2 Å². The summed E-state index contributed by atoms with van der Waals surface area (Å²) in [6, 6.07) is 0. The first kappa shape index (κ1) is 11.0. The van der Waals surface area contributed by atoms with Crippen LogP contribution in [0.4, 0.5) is 0 Å². The lowest BCUT2D eigenvalue weighted by atomic mass is 10.0. The number of halogens is 2. The quantitative estimate of drug-likeness (QED) is 0.528. The minimum Gasteiger partial charge on any atom is -0.341 e. The van der Waals surface area contributed by atoms with E-state index in [1.54, 1.807) is 0 Å². The first-order chi connectivity index (χ1) is 6.30. The van der Waals surface area contributed by atoms with E-state index in [2.05, 4.69) is 19.6 Å². The molecular weight excluding hydrogens is 239 g/mol. The van der Waals surface area contributed by atoms with Gasteiger partial charge < -0.3 is 9.47 Å². The van der Waals surface area contributed by atoms with Gasteiger partial charge in [0.25, 0.3) is 0 Å². The van der Waals surface area contributed by atoms with Gasteiger partial charge in [-0.05, 0) is 11.3 Å². The maximum absolute atomic E-state index is 6.30. The van der Waals surface area contributed by atoms with Gasteiger partial charge in [-0.3, -0.25) is 0 Å². The molecule has 1 aliphatic carbocycles. The Morgan fingerprint density at radius 3 is 2.07 bits per heavy atom. The van der Waals surface area contributed by atoms with Gasteiger partial charge in [-0.2, -0.15) is 0 Å². The Morgan fingerprint density at radius 1 is 1.21 bits per heavy atom. The lowest BCUT2D eigenvalue weighted by Gasteiger charge is -2.49. The Balaban J connectivity index is 2.33. The van der Waals surface area contributed by atoms with Crippen LogP contribution in [0.2, 0.25) is 19.6 Å². The highest BCUT2D eigenvalue weighted by atomic mass is 35.5. The molecule has 1 fully saturated rings. The summed E-state index contributed by atoms with van der Waals surface area (Å²) in [5, 5.41) is 1.11. The molecule has 0 radical (unpaired) electrons. The van der Waals surface area contributed by atoms with Crippen LogP contribution in [0.25, 0.3) is 0 Å². The average molecular weight is 253 g/mol. The van der Waals surface area contributed by atoms with Crippen molar-refractivity contribution in [2.45, 2.75) is 29.8 Å². The topological polar surface area (TPSA) is 18.5 Å². The zero-order chi connectivity index (χ0) is 10.6. The third-order valence-electron chi connectivity index (χ3n) is 2.63. The molecule has 0 amide bonds. The summed E-state index contributed by atoms with van der Waals surface area (Å²) in [5.74, 6) is -0.855. The molecule has 1 heterocycles. The van der Waals surface area contributed by atoms with Crippen molar-refractivity contribution in [3.8, 4) is 0 Å². The number of hydrogen-bond acceptors (Lipinski definition) is 2. The Morgan fingerprint density at radius 2 is 1.71 bits per heavy atom. The van der Waals surface area contributed by atoms with Crippen molar-refractivity contribution in [1.29, 1.82) is 0 Å². The molecule has 0 aromatic heterocycles. The first-order valence-corrected chi connectivity index (χ1v) is 8.95. The Kier molecular flexibility index (Phi) is 2.33. The Labute approximate surface area is 95.2 Å². The minimum absolute atomic E-state index is 0.566. The Bertz CT molecular complexity index is 288. The minimum atomic E-state index is -1.47. The smallest absolute Gasteiger partial charge is 0.225 e. The van der Waals surface area contributed by atoms with Gasteiger partial charge in [0.15, 0.2) is 4.33 Å². The second-order valence-electron chi connectivity index (χ2n) is 4.75. The summed E-state index contributed by atoms with van der Waals surface area (Å²) in [4.78, 5) is 0. The fraction of sp³-hybridized carbons (Fsp3) is 0.778. The summed E-state index contributed by atoms with van der Waals surface area (Å²) < 4.78 is 9.98. The number of ether oxygens (including phenoxy) is 2. The van der Waals surface area contributed by atoms with Crippen LogP contribution in [0, 0.1) is 0 Å². The molecule has 0 bridgehead atoms. The molecule has 14 heavy (non-hydrogen) atoms. The van der Waals surface area contributed by atoms with E-state index in [0.717, 1.165) is 5.20 Å². The summed E-state index contributed by atoms with van der Waals surface area (Å²) in [5.41, 5.74) is 0. The highest BCUT2D eigenvalue weighted by molar-refractivity contribution is 6.86. The molecule has 0 aromatic carbocycles. The first-order valence-electron chi connectivity index (χ1n) is 4.69. The van der Waals surface area contributed by atoms with Gasteiger partial charge in [0, 0.05) is 0 Å². The predicted molar refractivity (Wildman–Crippen MR) is 60.5 cm³/mol. The molecule has 2 nitrogen and oxygen atoms in total. The second-order valence-corrected chi connectivity index (χ2v) is 11.1. The summed E-state index contributed by atoms with van der Waals surface area (Å²) >= 11 is 12.6. The van der Waals surface area contributed by atoms with Crippen molar-refractivity contribution in [3.63, 3.8) is 0 Å². The van der Waals surface area contributed by atoms with Crippen LogP contribution < -0.4 is 0 Å². The third-order valence-corrected chi connectivity index (χ3v) is 6.02. The van der Waals surface area contributed by atoms with E-state index in [4.69, 9.17) is 32.7 Å². The lowest BCUT2D eigenvalue weighted by Crippen LogP contribution is -2.60. The van der Waals surface area contributed by atoms with Gasteiger partial charge in [0.2, 0.25) is 5.79 Å². The predicted octanol–water partition coefficient (Wildman–Crippen LogP) is 2.72. The van der Waals surface area contributed by atoms with Crippen LogP contribution in [0.5, 0.6) is 0 Å². The van der Waals surface area contributed by atoms with Gasteiger partial charge in [-0.15, -0.1) is 0 Å². The highest BCUT2D eigenvalue weighted by Crippen LogP contribution is 2.56. The molecule has 0 atom stereocenters. The molecule has 2 aliphatic rings. The molecule has 1 spiro atoms. The monoisotopic (exact) mass is 252 g/mol. The molecule has 2 rings (SSSR count). The summed E-state index contributed by atoms with van der Waals surface area (Å²) in [7, 11) is -1.47. The third kappa shape index (κ3) is 1.30. The van der Waals surface area contributed by atoms with E-state index in [1.165, 1.54) is 0 Å².